The van der Waals surface area contributed by atoms with Crippen LogP contribution in [0.25, 0.3) is 0 Å². The van der Waals surface area contributed by atoms with E-state index in [1.165, 1.54) is 12.8 Å². The molecule has 0 aromatic heterocycles. The minimum atomic E-state index is -0.827. The van der Waals surface area contributed by atoms with Crippen molar-refractivity contribution in [2.45, 2.75) is 51.0 Å². The van der Waals surface area contributed by atoms with E-state index in [4.69, 9.17) is 5.11 Å². The summed E-state index contributed by atoms with van der Waals surface area (Å²) < 4.78 is 0. The van der Waals surface area contributed by atoms with Crippen LogP contribution in [0.4, 0.5) is 0 Å². The van der Waals surface area contributed by atoms with Crippen LogP contribution < -0.4 is 0 Å². The molecule has 0 saturated heterocycles. The van der Waals surface area contributed by atoms with Crippen molar-refractivity contribution in [3.63, 3.8) is 0 Å². The van der Waals surface area contributed by atoms with E-state index < -0.39 is 5.97 Å². The van der Waals surface area contributed by atoms with Crippen LogP contribution in [-0.2, 0) is 9.59 Å². The van der Waals surface area contributed by atoms with Crippen molar-refractivity contribution in [1.29, 1.82) is 0 Å². The summed E-state index contributed by atoms with van der Waals surface area (Å²) in [5, 5.41) is 8.45. The Kier molecular flexibility index (Phi) is 4.59. The lowest BCUT2D eigenvalue weighted by Crippen LogP contribution is -2.35. The molecule has 0 bridgehead atoms. The summed E-state index contributed by atoms with van der Waals surface area (Å²) in [6.45, 7) is 0. The van der Waals surface area contributed by atoms with Crippen LogP contribution in [0.5, 0.6) is 0 Å². The van der Waals surface area contributed by atoms with Crippen LogP contribution in [0.2, 0.25) is 0 Å². The average Bonchev–Trinajstić information content (AvgIpc) is 2.68. The fraction of sp³-hybridized carbons (Fsp3) is 0.818. The van der Waals surface area contributed by atoms with E-state index in [9.17, 15) is 9.59 Å². The number of rotatable bonds is 5. The number of hydrogen-bond acceptors (Lipinski definition) is 2. The molecule has 4 heteroatoms. The highest BCUT2D eigenvalue weighted by molar-refractivity contribution is 5.77. The zero-order valence-corrected chi connectivity index (χ0v) is 9.24. The number of carbonyl (C=O) groups excluding carboxylic acids is 1. The van der Waals surface area contributed by atoms with Gasteiger partial charge in [-0.3, -0.25) is 9.59 Å². The quantitative estimate of drug-likeness (QED) is 0.755. The van der Waals surface area contributed by atoms with Gasteiger partial charge < -0.3 is 10.0 Å². The standard InChI is InChI=1S/C11H19NO3/c1-12(9-5-2-3-6-9)10(13)7-4-8-11(14)15/h9H,2-8H2,1H3,(H,14,15). The second-order valence-electron chi connectivity index (χ2n) is 4.19. The lowest BCUT2D eigenvalue weighted by molar-refractivity contribution is -0.137. The molecule has 0 radical (unpaired) electrons. The van der Waals surface area contributed by atoms with Gasteiger partial charge in [0.15, 0.2) is 0 Å². The van der Waals surface area contributed by atoms with Crippen LogP contribution in [0, 0.1) is 0 Å². The van der Waals surface area contributed by atoms with E-state index in [-0.39, 0.29) is 12.3 Å². The molecule has 0 aliphatic heterocycles. The number of nitrogens with zero attached hydrogens (tertiary/aromatic N) is 1. The Labute approximate surface area is 90.3 Å². The number of carboxylic acids is 1. The second kappa shape index (κ2) is 5.73. The molecule has 1 aliphatic rings. The summed E-state index contributed by atoms with van der Waals surface area (Å²) >= 11 is 0. The van der Waals surface area contributed by atoms with Crippen molar-refractivity contribution in [1.82, 2.24) is 4.90 Å². The molecule has 0 aromatic rings. The maximum absolute atomic E-state index is 11.6. The molecule has 86 valence electrons. The van der Waals surface area contributed by atoms with E-state index in [1.807, 2.05) is 7.05 Å². The highest BCUT2D eigenvalue weighted by atomic mass is 16.4. The molecular weight excluding hydrogens is 194 g/mol. The Bertz CT molecular complexity index is 234. The summed E-state index contributed by atoms with van der Waals surface area (Å²) in [6, 6.07) is 0.391. The van der Waals surface area contributed by atoms with E-state index in [2.05, 4.69) is 0 Å². The van der Waals surface area contributed by atoms with Gasteiger partial charge in [-0.2, -0.15) is 0 Å². The molecule has 0 heterocycles. The Morgan fingerprint density at radius 1 is 1.27 bits per heavy atom. The van der Waals surface area contributed by atoms with Gasteiger partial charge in [-0.25, -0.2) is 0 Å². The van der Waals surface area contributed by atoms with Gasteiger partial charge in [0.2, 0.25) is 5.91 Å². The molecule has 1 amide bonds. The van der Waals surface area contributed by atoms with Crippen LogP contribution >= 0.6 is 0 Å². The first-order valence-corrected chi connectivity index (χ1v) is 5.58. The summed E-state index contributed by atoms with van der Waals surface area (Å²) in [5.74, 6) is -0.741. The molecular formula is C11H19NO3. The maximum Gasteiger partial charge on any atom is 0.303 e. The predicted octanol–water partition coefficient (Wildman–Crippen LogP) is 1.64. The third-order valence-electron chi connectivity index (χ3n) is 3.05. The molecule has 1 aliphatic carbocycles. The fourth-order valence-electron chi connectivity index (χ4n) is 2.06. The number of amides is 1. The molecule has 0 atom stereocenters. The van der Waals surface area contributed by atoms with Crippen molar-refractivity contribution < 1.29 is 14.7 Å². The summed E-state index contributed by atoms with van der Waals surface area (Å²) in [6.07, 6.45) is 5.51. The number of hydrogen-bond donors (Lipinski definition) is 1. The number of carboxylic acid groups (broad SMARTS) is 1. The van der Waals surface area contributed by atoms with Gasteiger partial charge in [0.25, 0.3) is 0 Å². The molecule has 1 saturated carbocycles. The Morgan fingerprint density at radius 2 is 1.87 bits per heavy atom. The number of aliphatic carboxylic acids is 1. The molecule has 1 rings (SSSR count). The topological polar surface area (TPSA) is 57.6 Å². The Hall–Kier alpha value is -1.06. The smallest absolute Gasteiger partial charge is 0.303 e. The van der Waals surface area contributed by atoms with Crippen LogP contribution in [0.3, 0.4) is 0 Å². The van der Waals surface area contributed by atoms with Crippen molar-refractivity contribution in [3.8, 4) is 0 Å². The van der Waals surface area contributed by atoms with E-state index >= 15 is 0 Å². The largest absolute Gasteiger partial charge is 0.481 e. The van der Waals surface area contributed by atoms with Gasteiger partial charge in [0.1, 0.15) is 0 Å². The van der Waals surface area contributed by atoms with Gasteiger partial charge >= 0.3 is 5.97 Å². The van der Waals surface area contributed by atoms with Crippen molar-refractivity contribution in [2.75, 3.05) is 7.05 Å². The van der Waals surface area contributed by atoms with Crippen molar-refractivity contribution in [2.24, 2.45) is 0 Å². The SMILES string of the molecule is CN(C(=O)CCCC(=O)O)C1CCCC1. The molecule has 4 nitrogen and oxygen atoms in total. The van der Waals surface area contributed by atoms with Crippen molar-refractivity contribution in [3.05, 3.63) is 0 Å². The van der Waals surface area contributed by atoms with E-state index in [0.717, 1.165) is 12.8 Å². The minimum absolute atomic E-state index is 0.0863. The molecule has 0 aromatic carbocycles. The third-order valence-corrected chi connectivity index (χ3v) is 3.05. The van der Waals surface area contributed by atoms with Crippen LogP contribution in [0.15, 0.2) is 0 Å². The average molecular weight is 213 g/mol. The molecule has 1 fully saturated rings. The van der Waals surface area contributed by atoms with Crippen molar-refractivity contribution >= 4 is 11.9 Å². The Morgan fingerprint density at radius 3 is 2.40 bits per heavy atom. The first-order valence-electron chi connectivity index (χ1n) is 5.58. The molecule has 0 unspecified atom stereocenters. The van der Waals surface area contributed by atoms with Crippen LogP contribution in [0.1, 0.15) is 44.9 Å². The summed E-state index contributed by atoms with van der Waals surface area (Å²) in [5.41, 5.74) is 0. The minimum Gasteiger partial charge on any atom is -0.481 e. The van der Waals surface area contributed by atoms with Gasteiger partial charge in [0.05, 0.1) is 0 Å². The summed E-state index contributed by atoms with van der Waals surface area (Å²) in [7, 11) is 1.83. The highest BCUT2D eigenvalue weighted by Gasteiger charge is 2.22. The molecule has 1 N–H and O–H groups in total. The van der Waals surface area contributed by atoms with Gasteiger partial charge in [-0.1, -0.05) is 12.8 Å². The van der Waals surface area contributed by atoms with E-state index in [1.54, 1.807) is 4.90 Å². The summed E-state index contributed by atoms with van der Waals surface area (Å²) in [4.78, 5) is 23.7. The lowest BCUT2D eigenvalue weighted by atomic mass is 10.2. The first kappa shape index (κ1) is 12.0. The monoisotopic (exact) mass is 213 g/mol. The second-order valence-corrected chi connectivity index (χ2v) is 4.19. The number of carbonyl (C=O) groups is 2. The third kappa shape index (κ3) is 3.90. The maximum atomic E-state index is 11.6. The van der Waals surface area contributed by atoms with Crippen LogP contribution in [-0.4, -0.2) is 35.0 Å². The van der Waals surface area contributed by atoms with Gasteiger partial charge in [0, 0.05) is 25.9 Å². The lowest BCUT2D eigenvalue weighted by Gasteiger charge is -2.24. The highest BCUT2D eigenvalue weighted by Crippen LogP contribution is 2.22. The zero-order chi connectivity index (χ0) is 11.3. The van der Waals surface area contributed by atoms with Gasteiger partial charge in [-0.05, 0) is 19.3 Å². The van der Waals surface area contributed by atoms with E-state index in [0.29, 0.717) is 18.9 Å². The molecule has 0 spiro atoms. The fourth-order valence-corrected chi connectivity index (χ4v) is 2.06. The normalized spacial score (nSPS) is 16.6. The Balaban J connectivity index is 2.23. The predicted molar refractivity (Wildman–Crippen MR) is 56.5 cm³/mol. The molecule has 15 heavy (non-hydrogen) atoms. The first-order chi connectivity index (χ1) is 7.11. The van der Waals surface area contributed by atoms with Gasteiger partial charge in [-0.15, -0.1) is 0 Å². The zero-order valence-electron chi connectivity index (χ0n) is 9.24.